The van der Waals surface area contributed by atoms with Crippen molar-refractivity contribution in [1.82, 2.24) is 9.97 Å². The van der Waals surface area contributed by atoms with Crippen molar-refractivity contribution in [2.75, 3.05) is 43.8 Å². The third kappa shape index (κ3) is 5.83. The summed E-state index contributed by atoms with van der Waals surface area (Å²) >= 11 is 0. The normalized spacial score (nSPS) is 12.8. The molecule has 0 aromatic carbocycles. The van der Waals surface area contributed by atoms with E-state index in [0.29, 0.717) is 31.3 Å². The number of anilines is 2. The number of nitrogens with zero attached hydrogens (tertiary/aromatic N) is 4. The minimum Gasteiger partial charge on any atom is -0.382 e. The second kappa shape index (κ2) is 9.68. The van der Waals surface area contributed by atoms with Crippen LogP contribution in [-0.4, -0.2) is 55.9 Å². The number of rotatable bonds is 11. The molecule has 0 spiro atoms. The van der Waals surface area contributed by atoms with Crippen LogP contribution in [-0.2, 0) is 18.3 Å². The van der Waals surface area contributed by atoms with E-state index < -0.39 is 7.60 Å². The number of hydrogen-bond acceptors (Lipinski definition) is 9. The van der Waals surface area contributed by atoms with E-state index in [9.17, 15) is 4.57 Å². The summed E-state index contributed by atoms with van der Waals surface area (Å²) in [6.07, 6.45) is 1.00. The van der Waals surface area contributed by atoms with E-state index in [2.05, 4.69) is 21.7 Å². The van der Waals surface area contributed by atoms with Gasteiger partial charge in [0.25, 0.3) is 0 Å². The molecule has 0 aliphatic carbocycles. The summed E-state index contributed by atoms with van der Waals surface area (Å²) in [5, 5.41) is 0. The maximum atomic E-state index is 12.4. The predicted octanol–water partition coefficient (Wildman–Crippen LogP) is 2.46. The molecule has 0 saturated carbocycles. The lowest BCUT2D eigenvalue weighted by Crippen LogP contribution is -2.30. The van der Waals surface area contributed by atoms with Crippen LogP contribution in [0.2, 0.25) is 0 Å². The molecule has 0 amide bonds. The first-order chi connectivity index (χ1) is 11.4. The highest BCUT2D eigenvalue weighted by atomic mass is 31.2. The minimum atomic E-state index is -3.23. The van der Waals surface area contributed by atoms with E-state index in [1.165, 1.54) is 6.33 Å². The first kappa shape index (κ1) is 20.5. The molecule has 1 unspecified atom stereocenters. The molecule has 0 fully saturated rings. The zero-order chi connectivity index (χ0) is 18.2. The van der Waals surface area contributed by atoms with Crippen LogP contribution in [0.25, 0.3) is 0 Å². The van der Waals surface area contributed by atoms with Gasteiger partial charge in [0.15, 0.2) is 11.6 Å². The fourth-order valence-electron chi connectivity index (χ4n) is 2.06. The molecule has 24 heavy (non-hydrogen) atoms. The summed E-state index contributed by atoms with van der Waals surface area (Å²) in [4.78, 5) is 13.7. The predicted molar refractivity (Wildman–Crippen MR) is 95.2 cm³/mol. The summed E-state index contributed by atoms with van der Waals surface area (Å²) < 4.78 is 28.4. The Hall–Kier alpha value is -1.54. The fraction of sp³-hybridized carbons (Fsp3) is 0.643. The number of nitrogens with two attached hydrogens (primary N) is 1. The van der Waals surface area contributed by atoms with E-state index >= 15 is 0 Å². The topological polar surface area (TPSA) is 112 Å². The van der Waals surface area contributed by atoms with Gasteiger partial charge in [-0.25, -0.2) is 9.97 Å². The van der Waals surface area contributed by atoms with Crippen LogP contribution in [0.15, 0.2) is 11.3 Å². The third-order valence-corrected chi connectivity index (χ3v) is 4.82. The summed E-state index contributed by atoms with van der Waals surface area (Å²) in [5.41, 5.74) is 6.19. The number of aromatic nitrogens is 2. The summed E-state index contributed by atoms with van der Waals surface area (Å²) in [5.74, 6) is 0.804. The average molecular weight is 359 g/mol. The Balaban J connectivity index is 2.67. The Morgan fingerprint density at radius 1 is 1.38 bits per heavy atom. The van der Waals surface area contributed by atoms with Crippen LogP contribution in [0.3, 0.4) is 0 Å². The molecule has 1 heterocycles. The van der Waals surface area contributed by atoms with Crippen molar-refractivity contribution in [3.63, 3.8) is 0 Å². The van der Waals surface area contributed by atoms with E-state index in [4.69, 9.17) is 19.5 Å². The summed E-state index contributed by atoms with van der Waals surface area (Å²) in [7, 11) is -1.41. The quantitative estimate of drug-likeness (QED) is 0.473. The standard InChI is InChI=1S/C14H26N5O4P/c1-6-22-24(20,23-7-2)10-21-11(3)8-19(5)14-12(16-4)13(15)17-9-18-14/h9,11H,4,6-8,10H2,1-3,5H3,(H2,15,17,18). The first-order valence-electron chi connectivity index (χ1n) is 7.64. The largest absolute Gasteiger partial charge is 0.382 e. The first-order valence-corrected chi connectivity index (χ1v) is 9.37. The molecular formula is C14H26N5O4P. The molecule has 0 bridgehead atoms. The van der Waals surface area contributed by atoms with Crippen LogP contribution >= 0.6 is 7.60 Å². The number of hydrogen-bond donors (Lipinski definition) is 1. The highest BCUT2D eigenvalue weighted by molar-refractivity contribution is 7.53. The van der Waals surface area contributed by atoms with Gasteiger partial charge in [0.05, 0.1) is 19.3 Å². The number of likely N-dealkylation sites (N-methyl/N-ethyl adjacent to an activating group) is 1. The SMILES string of the molecule is C=Nc1c(N)ncnc1N(C)CC(C)OCP(=O)(OCC)OCC. The maximum Gasteiger partial charge on any atom is 0.356 e. The zero-order valence-electron chi connectivity index (χ0n) is 14.6. The Morgan fingerprint density at radius 3 is 2.54 bits per heavy atom. The van der Waals surface area contributed by atoms with Crippen molar-refractivity contribution >= 4 is 31.6 Å². The van der Waals surface area contributed by atoms with Crippen LogP contribution in [0, 0.1) is 0 Å². The van der Waals surface area contributed by atoms with Gasteiger partial charge in [-0.3, -0.25) is 9.56 Å². The second-order valence-corrected chi connectivity index (χ2v) is 7.02. The van der Waals surface area contributed by atoms with Gasteiger partial charge in [-0.2, -0.15) is 0 Å². The third-order valence-electron chi connectivity index (χ3n) is 3.05. The van der Waals surface area contributed by atoms with E-state index in [1.807, 2.05) is 18.9 Å². The van der Waals surface area contributed by atoms with Gasteiger partial charge in [-0.15, -0.1) is 0 Å². The molecule has 1 rings (SSSR count). The fourth-order valence-corrected chi connectivity index (χ4v) is 3.51. The molecule has 2 N–H and O–H groups in total. The smallest absolute Gasteiger partial charge is 0.356 e. The Bertz CT molecular complexity index is 576. The molecule has 136 valence electrons. The molecule has 0 aliphatic heterocycles. The van der Waals surface area contributed by atoms with E-state index in [-0.39, 0.29) is 18.3 Å². The van der Waals surface area contributed by atoms with Crippen molar-refractivity contribution in [1.29, 1.82) is 0 Å². The van der Waals surface area contributed by atoms with Crippen LogP contribution < -0.4 is 10.6 Å². The van der Waals surface area contributed by atoms with Crippen molar-refractivity contribution < 1.29 is 18.3 Å². The maximum absolute atomic E-state index is 12.4. The number of nitrogen functional groups attached to an aromatic ring is 1. The molecular weight excluding hydrogens is 333 g/mol. The van der Waals surface area contributed by atoms with Gasteiger partial charge in [-0.05, 0) is 27.5 Å². The molecule has 1 atom stereocenters. The molecule has 9 nitrogen and oxygen atoms in total. The lowest BCUT2D eigenvalue weighted by atomic mass is 10.3. The Kier molecular flexibility index (Phi) is 8.27. The molecule has 1 aromatic heterocycles. The molecule has 0 saturated heterocycles. The Morgan fingerprint density at radius 2 is 2.00 bits per heavy atom. The van der Waals surface area contributed by atoms with Crippen molar-refractivity contribution in [3.8, 4) is 0 Å². The highest BCUT2D eigenvalue weighted by Gasteiger charge is 2.25. The lowest BCUT2D eigenvalue weighted by molar-refractivity contribution is 0.0820. The molecule has 1 aromatic rings. The lowest BCUT2D eigenvalue weighted by Gasteiger charge is -2.25. The van der Waals surface area contributed by atoms with E-state index in [0.717, 1.165) is 0 Å². The summed E-state index contributed by atoms with van der Waals surface area (Å²) in [6.45, 7) is 9.91. The van der Waals surface area contributed by atoms with Crippen molar-refractivity contribution in [3.05, 3.63) is 6.33 Å². The van der Waals surface area contributed by atoms with Crippen molar-refractivity contribution in [2.45, 2.75) is 26.9 Å². The molecule has 0 radical (unpaired) electrons. The minimum absolute atomic E-state index is 0.109. The monoisotopic (exact) mass is 359 g/mol. The van der Waals surface area contributed by atoms with Crippen LogP contribution in [0.1, 0.15) is 20.8 Å². The average Bonchev–Trinajstić information content (AvgIpc) is 2.53. The molecule has 10 heteroatoms. The van der Waals surface area contributed by atoms with Gasteiger partial charge in [0.1, 0.15) is 18.4 Å². The van der Waals surface area contributed by atoms with Crippen LogP contribution in [0.5, 0.6) is 0 Å². The second-order valence-electron chi connectivity index (χ2n) is 5.02. The van der Waals surface area contributed by atoms with E-state index in [1.54, 1.807) is 13.8 Å². The molecule has 0 aliphatic rings. The van der Waals surface area contributed by atoms with Crippen molar-refractivity contribution in [2.24, 2.45) is 4.99 Å². The van der Waals surface area contributed by atoms with Gasteiger partial charge < -0.3 is 24.4 Å². The Labute approximate surface area is 142 Å². The summed E-state index contributed by atoms with van der Waals surface area (Å²) in [6, 6.07) is 0. The zero-order valence-corrected chi connectivity index (χ0v) is 15.5. The number of ether oxygens (including phenoxy) is 1. The van der Waals surface area contributed by atoms with Gasteiger partial charge in [-0.1, -0.05) is 0 Å². The van der Waals surface area contributed by atoms with Gasteiger partial charge in [0, 0.05) is 13.6 Å². The number of aliphatic imine (C=N–C) groups is 1. The van der Waals surface area contributed by atoms with Gasteiger partial charge >= 0.3 is 7.60 Å². The van der Waals surface area contributed by atoms with Gasteiger partial charge in [0.2, 0.25) is 0 Å². The highest BCUT2D eigenvalue weighted by Crippen LogP contribution is 2.48. The van der Waals surface area contributed by atoms with Crippen LogP contribution in [0.4, 0.5) is 17.3 Å².